The van der Waals surface area contributed by atoms with Gasteiger partial charge in [-0.2, -0.15) is 0 Å². The van der Waals surface area contributed by atoms with Crippen LogP contribution in [0, 0.1) is 16.0 Å². The predicted molar refractivity (Wildman–Crippen MR) is 92.8 cm³/mol. The minimum atomic E-state index is -0.449. The summed E-state index contributed by atoms with van der Waals surface area (Å²) in [4.78, 5) is 22.8. The molecule has 0 bridgehead atoms. The number of nitro groups is 1. The monoisotopic (exact) mass is 325 g/mol. The van der Waals surface area contributed by atoms with Gasteiger partial charge in [0.05, 0.1) is 7.11 Å². The van der Waals surface area contributed by atoms with Crippen LogP contribution in [0.1, 0.15) is 22.3 Å². The maximum absolute atomic E-state index is 12.4. The quantitative estimate of drug-likeness (QED) is 0.419. The van der Waals surface area contributed by atoms with E-state index in [1.807, 2.05) is 36.4 Å². The lowest BCUT2D eigenvalue weighted by atomic mass is 9.97. The van der Waals surface area contributed by atoms with Gasteiger partial charge >= 0.3 is 0 Å². The Morgan fingerprint density at radius 2 is 1.83 bits per heavy atom. The zero-order chi connectivity index (χ0) is 17.4. The van der Waals surface area contributed by atoms with Gasteiger partial charge in [-0.1, -0.05) is 42.5 Å². The van der Waals surface area contributed by atoms with Crippen LogP contribution < -0.4 is 4.74 Å². The molecule has 0 saturated carbocycles. The number of nitrogens with zero attached hydrogens (tertiary/aromatic N) is 1. The number of Topliss-reactive ketones (excluding diaryl/α,β-unsaturated/α-hetero) is 1. The number of hydrogen-bond donors (Lipinski definition) is 0. The summed E-state index contributed by atoms with van der Waals surface area (Å²) in [5.74, 6) is 0.0920. The zero-order valence-electron chi connectivity index (χ0n) is 13.4. The molecule has 124 valence electrons. The maximum atomic E-state index is 12.4. The fraction of sp³-hybridized carbons (Fsp3) is 0.211. The molecule has 0 saturated heterocycles. The Kier molecular flexibility index (Phi) is 6.25. The Morgan fingerprint density at radius 1 is 1.17 bits per heavy atom. The molecule has 0 aliphatic rings. The van der Waals surface area contributed by atoms with Crippen molar-refractivity contribution < 1.29 is 14.5 Å². The van der Waals surface area contributed by atoms with E-state index >= 15 is 0 Å². The van der Waals surface area contributed by atoms with Crippen molar-refractivity contribution in [2.45, 2.75) is 6.42 Å². The molecule has 0 fully saturated rings. The topological polar surface area (TPSA) is 69.4 Å². The average Bonchev–Trinajstić information content (AvgIpc) is 2.60. The van der Waals surface area contributed by atoms with Crippen molar-refractivity contribution in [3.8, 4) is 5.75 Å². The Balaban J connectivity index is 2.08. The van der Waals surface area contributed by atoms with Crippen molar-refractivity contribution in [1.82, 2.24) is 0 Å². The van der Waals surface area contributed by atoms with Crippen LogP contribution in [0.25, 0.3) is 6.08 Å². The molecule has 0 spiro atoms. The van der Waals surface area contributed by atoms with Crippen molar-refractivity contribution in [2.75, 3.05) is 13.7 Å². The summed E-state index contributed by atoms with van der Waals surface area (Å²) in [6.07, 6.45) is 3.64. The van der Waals surface area contributed by atoms with Crippen LogP contribution in [0.5, 0.6) is 5.75 Å². The lowest BCUT2D eigenvalue weighted by Gasteiger charge is -2.08. The average molecular weight is 325 g/mol. The first-order valence-corrected chi connectivity index (χ1v) is 7.61. The molecule has 0 radical (unpaired) electrons. The van der Waals surface area contributed by atoms with Crippen LogP contribution in [0.2, 0.25) is 0 Å². The molecular weight excluding hydrogens is 306 g/mol. The van der Waals surface area contributed by atoms with Crippen LogP contribution in [-0.2, 0) is 0 Å². The number of carbonyl (C=O) groups excluding carboxylic acids is 1. The van der Waals surface area contributed by atoms with Crippen LogP contribution in [-0.4, -0.2) is 24.4 Å². The summed E-state index contributed by atoms with van der Waals surface area (Å²) in [6, 6.07) is 16.3. The van der Waals surface area contributed by atoms with Gasteiger partial charge in [-0.15, -0.1) is 0 Å². The SMILES string of the molecule is COc1ccc(C(=O)C[C@H](/C=C/c2ccccc2)C[N+](=O)[O-])cc1. The highest BCUT2D eigenvalue weighted by molar-refractivity contribution is 5.96. The number of rotatable bonds is 8. The Labute approximate surface area is 140 Å². The fourth-order valence-electron chi connectivity index (χ4n) is 2.33. The van der Waals surface area contributed by atoms with Crippen LogP contribution in [0.15, 0.2) is 60.7 Å². The van der Waals surface area contributed by atoms with Crippen LogP contribution in [0.4, 0.5) is 0 Å². The van der Waals surface area contributed by atoms with Crippen molar-refractivity contribution >= 4 is 11.9 Å². The molecule has 0 aliphatic heterocycles. The minimum absolute atomic E-state index is 0.0939. The predicted octanol–water partition coefficient (Wildman–Crippen LogP) is 3.87. The number of ketones is 1. The Morgan fingerprint density at radius 3 is 2.42 bits per heavy atom. The van der Waals surface area contributed by atoms with E-state index < -0.39 is 5.92 Å². The molecule has 2 aromatic carbocycles. The van der Waals surface area contributed by atoms with Gasteiger partial charge in [0.1, 0.15) is 5.75 Å². The van der Waals surface area contributed by atoms with Crippen molar-refractivity contribution in [1.29, 1.82) is 0 Å². The van der Waals surface area contributed by atoms with E-state index in [2.05, 4.69) is 0 Å². The van der Waals surface area contributed by atoms with E-state index in [4.69, 9.17) is 4.74 Å². The third kappa shape index (κ3) is 5.35. The van der Waals surface area contributed by atoms with E-state index in [1.54, 1.807) is 37.5 Å². The second-order valence-electron chi connectivity index (χ2n) is 5.40. The summed E-state index contributed by atoms with van der Waals surface area (Å²) in [5.41, 5.74) is 1.47. The van der Waals surface area contributed by atoms with Gasteiger partial charge in [-0.05, 0) is 29.8 Å². The summed E-state index contributed by atoms with van der Waals surface area (Å²) >= 11 is 0. The number of benzene rings is 2. The Hall–Kier alpha value is -2.95. The van der Waals surface area contributed by atoms with E-state index in [1.165, 1.54) is 0 Å². The number of methoxy groups -OCH3 is 1. The molecule has 0 aromatic heterocycles. The van der Waals surface area contributed by atoms with E-state index in [9.17, 15) is 14.9 Å². The highest BCUT2D eigenvalue weighted by Crippen LogP contribution is 2.17. The highest BCUT2D eigenvalue weighted by Gasteiger charge is 2.18. The first-order chi connectivity index (χ1) is 11.6. The first kappa shape index (κ1) is 17.4. The molecule has 0 unspecified atom stereocenters. The smallest absolute Gasteiger partial charge is 0.210 e. The molecule has 0 heterocycles. The molecule has 1 atom stereocenters. The van der Waals surface area contributed by atoms with Gasteiger partial charge in [0.25, 0.3) is 0 Å². The van der Waals surface area contributed by atoms with Crippen LogP contribution >= 0.6 is 0 Å². The summed E-state index contributed by atoms with van der Waals surface area (Å²) in [6.45, 7) is -0.273. The normalized spacial score (nSPS) is 12.0. The van der Waals surface area contributed by atoms with Gasteiger partial charge in [-0.25, -0.2) is 0 Å². The van der Waals surface area contributed by atoms with E-state index in [0.29, 0.717) is 11.3 Å². The zero-order valence-corrected chi connectivity index (χ0v) is 13.4. The number of carbonyl (C=O) groups is 1. The molecule has 5 heteroatoms. The minimum Gasteiger partial charge on any atom is -0.497 e. The lowest BCUT2D eigenvalue weighted by molar-refractivity contribution is -0.485. The van der Waals surface area contributed by atoms with Gasteiger partial charge in [0.15, 0.2) is 5.78 Å². The second kappa shape index (κ2) is 8.62. The van der Waals surface area contributed by atoms with Crippen LogP contribution in [0.3, 0.4) is 0 Å². The molecule has 0 amide bonds. The largest absolute Gasteiger partial charge is 0.497 e. The number of hydrogen-bond acceptors (Lipinski definition) is 4. The summed E-state index contributed by atoms with van der Waals surface area (Å²) < 4.78 is 5.06. The van der Waals surface area contributed by atoms with Crippen molar-refractivity contribution in [3.05, 3.63) is 81.9 Å². The molecule has 2 rings (SSSR count). The Bertz CT molecular complexity index is 708. The molecule has 0 aliphatic carbocycles. The highest BCUT2D eigenvalue weighted by atomic mass is 16.6. The van der Waals surface area contributed by atoms with Gasteiger partial charge < -0.3 is 4.74 Å². The van der Waals surface area contributed by atoms with Gasteiger partial charge in [-0.3, -0.25) is 14.9 Å². The fourth-order valence-corrected chi connectivity index (χ4v) is 2.33. The lowest BCUT2D eigenvalue weighted by Crippen LogP contribution is -2.16. The number of ether oxygens (including phenoxy) is 1. The van der Waals surface area contributed by atoms with E-state index in [-0.39, 0.29) is 23.7 Å². The summed E-state index contributed by atoms with van der Waals surface area (Å²) in [7, 11) is 1.55. The molecule has 24 heavy (non-hydrogen) atoms. The second-order valence-corrected chi connectivity index (χ2v) is 5.40. The third-order valence-corrected chi connectivity index (χ3v) is 3.60. The third-order valence-electron chi connectivity index (χ3n) is 3.60. The molecule has 0 N–H and O–H groups in total. The molecule has 2 aromatic rings. The van der Waals surface area contributed by atoms with Crippen molar-refractivity contribution in [2.24, 2.45) is 5.92 Å². The van der Waals surface area contributed by atoms with Gasteiger partial charge in [0.2, 0.25) is 6.54 Å². The van der Waals surface area contributed by atoms with E-state index in [0.717, 1.165) is 5.56 Å². The maximum Gasteiger partial charge on any atom is 0.210 e. The van der Waals surface area contributed by atoms with Crippen molar-refractivity contribution in [3.63, 3.8) is 0 Å². The molecule has 5 nitrogen and oxygen atoms in total. The van der Waals surface area contributed by atoms with Gasteiger partial charge in [0, 0.05) is 22.8 Å². The first-order valence-electron chi connectivity index (χ1n) is 7.61. The molecular formula is C19H19NO4. The summed E-state index contributed by atoms with van der Waals surface area (Å²) in [5, 5.41) is 10.9. The standard InChI is InChI=1S/C19H19NO4/c1-24-18-11-9-17(10-12-18)19(21)13-16(14-20(22)23)8-7-15-5-3-2-4-6-15/h2-12,16H,13-14H2,1H3/b8-7+/t16-/m0/s1.